The molecule has 0 amide bonds. The first-order valence-electron chi connectivity index (χ1n) is 16.0. The zero-order chi connectivity index (χ0) is 31.4. The van der Waals surface area contributed by atoms with Gasteiger partial charge in [0.15, 0.2) is 0 Å². The molecule has 0 heteroatoms. The molecule has 0 N–H and O–H groups in total. The summed E-state index contributed by atoms with van der Waals surface area (Å²) in [6.07, 6.45) is 8.76. The molecular weight excluding hydrogens is 528 g/mol. The van der Waals surface area contributed by atoms with Crippen LogP contribution in [0.4, 0.5) is 0 Å². The van der Waals surface area contributed by atoms with Crippen molar-refractivity contribution in [3.63, 3.8) is 0 Å². The van der Waals surface area contributed by atoms with E-state index < -0.39 is 0 Å². The fourth-order valence-electron chi connectivity index (χ4n) is 6.91. The van der Waals surface area contributed by atoms with Crippen LogP contribution in [0.1, 0.15) is 66.8 Å². The van der Waals surface area contributed by atoms with E-state index in [1.54, 1.807) is 0 Å². The van der Waals surface area contributed by atoms with E-state index >= 15 is 0 Å². The molecule has 0 atom stereocenters. The van der Waals surface area contributed by atoms with E-state index in [4.69, 9.17) is 0 Å². The number of fused-ring (bicyclic) bond motifs is 4. The summed E-state index contributed by atoms with van der Waals surface area (Å²) in [5, 5.41) is 0. The third-order valence-corrected chi connectivity index (χ3v) is 9.23. The van der Waals surface area contributed by atoms with Crippen molar-refractivity contribution in [3.8, 4) is 0 Å². The topological polar surface area (TPSA) is 0 Å². The van der Waals surface area contributed by atoms with E-state index in [0.717, 1.165) is 51.4 Å². The van der Waals surface area contributed by atoms with Gasteiger partial charge in [-0.1, -0.05) is 133 Å². The average Bonchev–Trinajstić information content (AvgIpc) is 3.73. The quantitative estimate of drug-likeness (QED) is 0.183. The minimum absolute atomic E-state index is 1.09. The lowest BCUT2D eigenvalue weighted by Crippen LogP contribution is -1.84. The highest BCUT2D eigenvalue weighted by Crippen LogP contribution is 2.29. The van der Waals surface area contributed by atoms with Crippen LogP contribution in [0, 0.1) is 27.7 Å². The molecule has 0 aliphatic heterocycles. The molecule has 0 unspecified atom stereocenters. The number of rotatable bonds is 0. The van der Waals surface area contributed by atoms with Gasteiger partial charge in [0.05, 0.1) is 0 Å². The molecule has 0 nitrogen and oxygen atoms in total. The Morgan fingerprint density at radius 3 is 1.09 bits per heavy atom. The summed E-state index contributed by atoms with van der Waals surface area (Å²) >= 11 is 0. The predicted octanol–water partition coefficient (Wildman–Crippen LogP) is 10.6. The van der Waals surface area contributed by atoms with Crippen LogP contribution < -0.4 is 0 Å². The molecule has 0 aromatic heterocycles. The number of hydrogen-bond acceptors (Lipinski definition) is 0. The third-order valence-electron chi connectivity index (χ3n) is 9.23. The van der Waals surface area contributed by atoms with Crippen LogP contribution in [0.3, 0.4) is 0 Å². The minimum Gasteiger partial charge on any atom is -0.0992 e. The maximum Gasteiger partial charge on any atom is -0.00610 e. The van der Waals surface area contributed by atoms with Gasteiger partial charge >= 0.3 is 0 Å². The van der Waals surface area contributed by atoms with Gasteiger partial charge in [-0.3, -0.25) is 0 Å². The molecular formula is C44H48. The summed E-state index contributed by atoms with van der Waals surface area (Å²) in [6, 6.07) is 26.4. The molecule has 4 aliphatic carbocycles. The SMILES string of the molecule is C=C1Cc2ccc(C)cc2C1.C=C1Cc2ccc(C)cc2C1.C=C1Cc2cccc(C)c2C1.C=C1Cc2cccc(C)c2C1. The molecule has 8 rings (SSSR count). The second kappa shape index (κ2) is 13.6. The second-order valence-corrected chi connectivity index (χ2v) is 13.4. The number of allylic oxidation sites excluding steroid dienone is 4. The zero-order valence-corrected chi connectivity index (χ0v) is 27.4. The van der Waals surface area contributed by atoms with Gasteiger partial charge in [-0.25, -0.2) is 0 Å². The molecule has 0 bridgehead atoms. The Balaban J connectivity index is 0.000000116. The van der Waals surface area contributed by atoms with Crippen molar-refractivity contribution in [2.24, 2.45) is 0 Å². The zero-order valence-electron chi connectivity index (χ0n) is 27.4. The predicted molar refractivity (Wildman–Crippen MR) is 191 cm³/mol. The lowest BCUT2D eigenvalue weighted by Gasteiger charge is -2.00. The Bertz CT molecular complexity index is 1620. The highest BCUT2D eigenvalue weighted by molar-refractivity contribution is 5.46. The van der Waals surface area contributed by atoms with E-state index in [-0.39, 0.29) is 0 Å². The second-order valence-electron chi connectivity index (χ2n) is 13.4. The van der Waals surface area contributed by atoms with Crippen LogP contribution in [0.15, 0.2) is 121 Å². The number of benzene rings is 4. The first-order valence-corrected chi connectivity index (χ1v) is 16.0. The van der Waals surface area contributed by atoms with E-state index in [9.17, 15) is 0 Å². The Morgan fingerprint density at radius 2 is 0.705 bits per heavy atom. The summed E-state index contributed by atoms with van der Waals surface area (Å²) < 4.78 is 0. The van der Waals surface area contributed by atoms with Crippen molar-refractivity contribution < 1.29 is 0 Å². The minimum atomic E-state index is 1.09. The Labute approximate surface area is 266 Å². The van der Waals surface area contributed by atoms with E-state index in [1.807, 2.05) is 0 Å². The van der Waals surface area contributed by atoms with E-state index in [0.29, 0.717) is 0 Å². The first-order chi connectivity index (χ1) is 21.0. The summed E-state index contributed by atoms with van der Waals surface area (Å²) in [5.41, 5.74) is 22.9. The van der Waals surface area contributed by atoms with Gasteiger partial charge in [0.2, 0.25) is 0 Å². The lowest BCUT2D eigenvalue weighted by molar-refractivity contribution is 1.18. The lowest BCUT2D eigenvalue weighted by atomic mass is 10.1. The van der Waals surface area contributed by atoms with Crippen molar-refractivity contribution in [1.29, 1.82) is 0 Å². The van der Waals surface area contributed by atoms with Crippen LogP contribution in [0.5, 0.6) is 0 Å². The van der Waals surface area contributed by atoms with Crippen molar-refractivity contribution >= 4 is 0 Å². The fourth-order valence-corrected chi connectivity index (χ4v) is 6.91. The molecule has 4 aromatic carbocycles. The molecule has 4 aromatic rings. The smallest absolute Gasteiger partial charge is 0.00610 e. The van der Waals surface area contributed by atoms with Gasteiger partial charge in [0.1, 0.15) is 0 Å². The molecule has 0 saturated carbocycles. The van der Waals surface area contributed by atoms with Gasteiger partial charge < -0.3 is 0 Å². The van der Waals surface area contributed by atoms with Crippen molar-refractivity contribution in [2.45, 2.75) is 79.1 Å². The molecule has 4 aliphatic rings. The maximum atomic E-state index is 4.01. The van der Waals surface area contributed by atoms with E-state index in [1.165, 1.54) is 89.1 Å². The highest BCUT2D eigenvalue weighted by Gasteiger charge is 2.16. The van der Waals surface area contributed by atoms with Gasteiger partial charge in [-0.2, -0.15) is 0 Å². The van der Waals surface area contributed by atoms with Crippen LogP contribution in [-0.4, -0.2) is 0 Å². The summed E-state index contributed by atoms with van der Waals surface area (Å²) in [5.74, 6) is 0. The molecule has 0 radical (unpaired) electrons. The average molecular weight is 577 g/mol. The van der Waals surface area contributed by atoms with Gasteiger partial charge in [0.25, 0.3) is 0 Å². The van der Waals surface area contributed by atoms with Crippen LogP contribution in [0.25, 0.3) is 0 Å². The Hall–Kier alpha value is -4.16. The van der Waals surface area contributed by atoms with Crippen LogP contribution in [-0.2, 0) is 51.4 Å². The molecule has 0 fully saturated rings. The van der Waals surface area contributed by atoms with Gasteiger partial charge in [-0.15, -0.1) is 0 Å². The van der Waals surface area contributed by atoms with E-state index in [2.05, 4.69) is 127 Å². The number of aryl methyl sites for hydroxylation is 4. The molecule has 44 heavy (non-hydrogen) atoms. The highest BCUT2D eigenvalue weighted by atomic mass is 14.2. The van der Waals surface area contributed by atoms with Crippen molar-refractivity contribution in [3.05, 3.63) is 188 Å². The summed E-state index contributed by atoms with van der Waals surface area (Å²) in [4.78, 5) is 0. The van der Waals surface area contributed by atoms with Crippen molar-refractivity contribution in [2.75, 3.05) is 0 Å². The molecule has 0 heterocycles. The third kappa shape index (κ3) is 7.67. The molecule has 0 spiro atoms. The summed E-state index contributed by atoms with van der Waals surface area (Å²) in [7, 11) is 0. The van der Waals surface area contributed by atoms with Crippen LogP contribution >= 0.6 is 0 Å². The first kappa shape index (κ1) is 31.3. The Morgan fingerprint density at radius 1 is 0.364 bits per heavy atom. The monoisotopic (exact) mass is 576 g/mol. The van der Waals surface area contributed by atoms with Gasteiger partial charge in [0, 0.05) is 0 Å². The fraction of sp³-hybridized carbons (Fsp3) is 0.273. The largest absolute Gasteiger partial charge is 0.0992 e. The molecule has 0 saturated heterocycles. The maximum absolute atomic E-state index is 4.01. The number of hydrogen-bond donors (Lipinski definition) is 0. The molecule has 224 valence electrons. The van der Waals surface area contributed by atoms with Crippen molar-refractivity contribution in [1.82, 2.24) is 0 Å². The summed E-state index contributed by atoms with van der Waals surface area (Å²) in [6.45, 7) is 24.7. The van der Waals surface area contributed by atoms with Gasteiger partial charge in [-0.05, 0) is 135 Å². The van der Waals surface area contributed by atoms with Crippen LogP contribution in [0.2, 0.25) is 0 Å². The Kier molecular flexibility index (Phi) is 9.70. The normalized spacial score (nSPS) is 15.2. The standard InChI is InChI=1S/4C11H12/c2*1-8-3-4-10-6-9(2)7-11(10)5-8;2*1-8-6-10-5-3-4-9(2)11(10)7-8/h2*3-5H,2,6-7H2,1H3;2*3-5H,1,6-7H2,2H3.